The highest BCUT2D eigenvalue weighted by Crippen LogP contribution is 2.22. The highest BCUT2D eigenvalue weighted by Gasteiger charge is 2.23. The molecule has 0 unspecified atom stereocenters. The number of hydrogen-bond acceptors (Lipinski definition) is 5. The molecule has 1 aliphatic rings. The summed E-state index contributed by atoms with van der Waals surface area (Å²) in [6, 6.07) is 1.91. The van der Waals surface area contributed by atoms with Crippen LogP contribution in [0, 0.1) is 5.92 Å². The van der Waals surface area contributed by atoms with E-state index in [4.69, 9.17) is 0 Å². The summed E-state index contributed by atoms with van der Waals surface area (Å²) in [7, 11) is -1.42. The molecule has 0 saturated carbocycles. The van der Waals surface area contributed by atoms with Crippen LogP contribution >= 0.6 is 0 Å². The third-order valence-corrected chi connectivity index (χ3v) is 4.87. The van der Waals surface area contributed by atoms with Crippen LogP contribution in [0.5, 0.6) is 0 Å². The van der Waals surface area contributed by atoms with E-state index in [1.807, 2.05) is 6.07 Å². The Kier molecular flexibility index (Phi) is 4.36. The van der Waals surface area contributed by atoms with Crippen molar-refractivity contribution in [3.05, 3.63) is 18.6 Å². The van der Waals surface area contributed by atoms with Gasteiger partial charge in [0.2, 0.25) is 10.0 Å². The van der Waals surface area contributed by atoms with E-state index >= 15 is 0 Å². The highest BCUT2D eigenvalue weighted by atomic mass is 32.2. The van der Waals surface area contributed by atoms with E-state index in [1.165, 1.54) is 10.6 Å². The van der Waals surface area contributed by atoms with Crippen LogP contribution in [-0.4, -0.2) is 55.6 Å². The molecule has 0 atom stereocenters. The molecule has 0 aromatic carbocycles. The smallest absolute Gasteiger partial charge is 0.210 e. The molecule has 0 bridgehead atoms. The molecule has 0 aliphatic carbocycles. The molecule has 106 valence electrons. The van der Waals surface area contributed by atoms with Gasteiger partial charge in [-0.1, -0.05) is 0 Å². The quantitative estimate of drug-likeness (QED) is 0.809. The lowest BCUT2D eigenvalue weighted by Crippen LogP contribution is -2.39. The predicted octanol–water partition coefficient (Wildman–Crippen LogP) is 0.584. The van der Waals surface area contributed by atoms with Gasteiger partial charge in [-0.2, -0.15) is 0 Å². The summed E-state index contributed by atoms with van der Waals surface area (Å²) in [5.74, 6) is 1.38. The lowest BCUT2D eigenvalue weighted by molar-refractivity contribution is 0.328. The molecule has 0 N–H and O–H groups in total. The van der Waals surface area contributed by atoms with Gasteiger partial charge in [0.15, 0.2) is 0 Å². The highest BCUT2D eigenvalue weighted by molar-refractivity contribution is 7.88. The van der Waals surface area contributed by atoms with E-state index in [9.17, 15) is 8.42 Å². The number of rotatable bonds is 4. The average Bonchev–Trinajstić information content (AvgIpc) is 2.39. The normalized spacial score (nSPS) is 17.9. The zero-order valence-corrected chi connectivity index (χ0v) is 12.2. The van der Waals surface area contributed by atoms with Crippen molar-refractivity contribution < 1.29 is 8.42 Å². The van der Waals surface area contributed by atoms with Gasteiger partial charge in [0, 0.05) is 32.9 Å². The molecule has 1 aliphatic heterocycles. The molecule has 2 rings (SSSR count). The van der Waals surface area contributed by atoms with E-state index in [0.717, 1.165) is 31.7 Å². The maximum Gasteiger partial charge on any atom is 0.210 e. The minimum atomic E-state index is -3.07. The third kappa shape index (κ3) is 3.87. The second-order valence-corrected chi connectivity index (χ2v) is 7.13. The summed E-state index contributed by atoms with van der Waals surface area (Å²) >= 11 is 0. The summed E-state index contributed by atoms with van der Waals surface area (Å²) in [5, 5.41) is 0. The van der Waals surface area contributed by atoms with Crippen LogP contribution < -0.4 is 4.90 Å². The Hall–Kier alpha value is -1.21. The van der Waals surface area contributed by atoms with Gasteiger partial charge in [0.25, 0.3) is 0 Å². The van der Waals surface area contributed by atoms with E-state index in [2.05, 4.69) is 14.9 Å². The van der Waals surface area contributed by atoms with Gasteiger partial charge in [0.05, 0.1) is 6.26 Å². The van der Waals surface area contributed by atoms with E-state index < -0.39 is 10.0 Å². The molecule has 2 heterocycles. The van der Waals surface area contributed by atoms with Crippen LogP contribution in [0.2, 0.25) is 0 Å². The maximum atomic E-state index is 11.4. The Labute approximate surface area is 114 Å². The first-order valence-electron chi connectivity index (χ1n) is 6.39. The van der Waals surface area contributed by atoms with Crippen LogP contribution in [0.3, 0.4) is 0 Å². The largest absolute Gasteiger partial charge is 0.357 e. The fourth-order valence-corrected chi connectivity index (χ4v) is 2.80. The molecule has 0 spiro atoms. The number of piperidine rings is 1. The molecule has 0 radical (unpaired) electrons. The average molecular weight is 284 g/mol. The van der Waals surface area contributed by atoms with Gasteiger partial charge in [-0.05, 0) is 24.8 Å². The van der Waals surface area contributed by atoms with Crippen LogP contribution in [0.15, 0.2) is 18.6 Å². The van der Waals surface area contributed by atoms with Crippen LogP contribution in [-0.2, 0) is 10.0 Å². The van der Waals surface area contributed by atoms with Crippen LogP contribution in [0.25, 0.3) is 0 Å². The molecule has 6 nitrogen and oxygen atoms in total. The minimum Gasteiger partial charge on any atom is -0.357 e. The lowest BCUT2D eigenvalue weighted by atomic mass is 9.97. The fourth-order valence-electron chi connectivity index (χ4n) is 2.31. The summed E-state index contributed by atoms with van der Waals surface area (Å²) in [6.07, 6.45) is 6.53. The van der Waals surface area contributed by atoms with Crippen molar-refractivity contribution in [2.45, 2.75) is 12.8 Å². The van der Waals surface area contributed by atoms with Crippen molar-refractivity contribution in [2.24, 2.45) is 5.92 Å². The number of hydrogen-bond donors (Lipinski definition) is 0. The van der Waals surface area contributed by atoms with E-state index in [0.29, 0.717) is 12.5 Å². The van der Waals surface area contributed by atoms with Gasteiger partial charge in [0.1, 0.15) is 12.1 Å². The molecule has 1 aromatic rings. The molecular formula is C12H20N4O2S. The Morgan fingerprint density at radius 1 is 1.42 bits per heavy atom. The standard InChI is InChI=1S/C12H20N4O2S/c1-15(19(2,17)18)9-11-4-7-16(8-5-11)12-3-6-13-10-14-12/h3,6,10-11H,4-5,7-9H2,1-2H3. The zero-order valence-electron chi connectivity index (χ0n) is 11.4. The topological polar surface area (TPSA) is 66.4 Å². The third-order valence-electron chi connectivity index (χ3n) is 3.59. The summed E-state index contributed by atoms with van der Waals surface area (Å²) in [4.78, 5) is 10.4. The predicted molar refractivity (Wildman–Crippen MR) is 74.4 cm³/mol. The van der Waals surface area contributed by atoms with Crippen LogP contribution in [0.4, 0.5) is 5.82 Å². The summed E-state index contributed by atoms with van der Waals surface area (Å²) in [5.41, 5.74) is 0. The van der Waals surface area contributed by atoms with Crippen molar-refractivity contribution in [1.29, 1.82) is 0 Å². The van der Waals surface area contributed by atoms with Crippen molar-refractivity contribution in [3.8, 4) is 0 Å². The number of sulfonamides is 1. The maximum absolute atomic E-state index is 11.4. The second kappa shape index (κ2) is 5.83. The fraction of sp³-hybridized carbons (Fsp3) is 0.667. The Morgan fingerprint density at radius 2 is 2.11 bits per heavy atom. The number of aromatic nitrogens is 2. The number of nitrogens with zero attached hydrogens (tertiary/aromatic N) is 4. The molecule has 19 heavy (non-hydrogen) atoms. The molecule has 1 saturated heterocycles. The first-order valence-corrected chi connectivity index (χ1v) is 8.24. The van der Waals surface area contributed by atoms with Gasteiger partial charge in [-0.15, -0.1) is 0 Å². The monoisotopic (exact) mass is 284 g/mol. The zero-order chi connectivity index (χ0) is 13.9. The molecule has 1 fully saturated rings. The molecule has 1 aromatic heterocycles. The van der Waals surface area contributed by atoms with Crippen LogP contribution in [0.1, 0.15) is 12.8 Å². The second-order valence-electron chi connectivity index (χ2n) is 5.04. The van der Waals surface area contributed by atoms with Gasteiger partial charge >= 0.3 is 0 Å². The Balaban J connectivity index is 1.86. The van der Waals surface area contributed by atoms with Gasteiger partial charge in [-0.25, -0.2) is 22.7 Å². The van der Waals surface area contributed by atoms with Crippen molar-refractivity contribution in [2.75, 3.05) is 37.8 Å². The molecular weight excluding hydrogens is 264 g/mol. The molecule has 0 amide bonds. The lowest BCUT2D eigenvalue weighted by Gasteiger charge is -2.34. The van der Waals surface area contributed by atoms with Gasteiger partial charge in [-0.3, -0.25) is 0 Å². The first kappa shape index (κ1) is 14.2. The van der Waals surface area contributed by atoms with Crippen molar-refractivity contribution >= 4 is 15.8 Å². The number of anilines is 1. The SMILES string of the molecule is CN(CC1CCN(c2ccncn2)CC1)S(C)(=O)=O. The van der Waals surface area contributed by atoms with E-state index in [1.54, 1.807) is 19.6 Å². The molecule has 7 heteroatoms. The van der Waals surface area contributed by atoms with Gasteiger partial charge < -0.3 is 4.90 Å². The first-order chi connectivity index (χ1) is 8.97. The van der Waals surface area contributed by atoms with Crippen molar-refractivity contribution in [1.82, 2.24) is 14.3 Å². The minimum absolute atomic E-state index is 0.429. The summed E-state index contributed by atoms with van der Waals surface area (Å²) < 4.78 is 24.2. The Bertz CT molecular complexity index is 498. The summed E-state index contributed by atoms with van der Waals surface area (Å²) in [6.45, 7) is 2.44. The van der Waals surface area contributed by atoms with Crippen molar-refractivity contribution in [3.63, 3.8) is 0 Å². The Morgan fingerprint density at radius 3 is 2.63 bits per heavy atom. The van der Waals surface area contributed by atoms with E-state index in [-0.39, 0.29) is 0 Å².